The van der Waals surface area contributed by atoms with Crippen molar-refractivity contribution in [1.82, 2.24) is 25.1 Å². The average Bonchev–Trinajstić information content (AvgIpc) is 3.37. The number of aromatic nitrogens is 2. The monoisotopic (exact) mass is 433 g/mol. The fraction of sp³-hybridized carbons (Fsp3) is 0.217. The van der Waals surface area contributed by atoms with Gasteiger partial charge in [-0.15, -0.1) is 0 Å². The van der Waals surface area contributed by atoms with E-state index in [9.17, 15) is 14.4 Å². The zero-order valence-corrected chi connectivity index (χ0v) is 17.7. The molecule has 4 rings (SSSR count). The van der Waals surface area contributed by atoms with Gasteiger partial charge >= 0.3 is 6.03 Å². The molecule has 1 aliphatic rings. The molecule has 9 nitrogen and oxygen atoms in total. The number of nitrogens with one attached hydrogen (secondary N) is 2. The van der Waals surface area contributed by atoms with Gasteiger partial charge in [-0.3, -0.25) is 14.5 Å². The number of hydrogen-bond donors (Lipinski definition) is 2. The van der Waals surface area contributed by atoms with Crippen LogP contribution in [-0.2, 0) is 18.4 Å². The smallest absolute Gasteiger partial charge is 0.324 e. The first kappa shape index (κ1) is 21.1. The van der Waals surface area contributed by atoms with Gasteiger partial charge < -0.3 is 19.9 Å². The van der Waals surface area contributed by atoms with Crippen LogP contribution in [0.2, 0.25) is 0 Å². The highest BCUT2D eigenvalue weighted by Gasteiger charge is 2.28. The van der Waals surface area contributed by atoms with Gasteiger partial charge in [0, 0.05) is 25.0 Å². The molecule has 0 spiro atoms. The molecule has 164 valence electrons. The van der Waals surface area contributed by atoms with Gasteiger partial charge in [0.15, 0.2) is 0 Å². The maximum atomic E-state index is 13.2. The van der Waals surface area contributed by atoms with Crippen LogP contribution in [0.4, 0.5) is 4.79 Å². The normalized spacial score (nSPS) is 14.2. The number of amides is 4. The summed E-state index contributed by atoms with van der Waals surface area (Å²) in [6.07, 6.45) is 3.49. The summed E-state index contributed by atoms with van der Waals surface area (Å²) in [4.78, 5) is 42.4. The number of imidazole rings is 1. The van der Waals surface area contributed by atoms with Crippen LogP contribution in [0.3, 0.4) is 0 Å². The average molecular weight is 433 g/mol. The molecular weight excluding hydrogens is 410 g/mol. The highest BCUT2D eigenvalue weighted by atomic mass is 16.5. The number of rotatable bonds is 7. The Kier molecular flexibility index (Phi) is 5.89. The number of hydrogen-bond acceptors (Lipinski definition) is 5. The second kappa shape index (κ2) is 8.93. The van der Waals surface area contributed by atoms with E-state index in [4.69, 9.17) is 4.74 Å². The molecule has 0 bridgehead atoms. The number of ether oxygens (including phenoxy) is 1. The third kappa shape index (κ3) is 4.31. The van der Waals surface area contributed by atoms with Gasteiger partial charge in [-0.1, -0.05) is 24.3 Å². The second-order valence-corrected chi connectivity index (χ2v) is 7.42. The Morgan fingerprint density at radius 1 is 1.22 bits per heavy atom. The van der Waals surface area contributed by atoms with E-state index in [-0.39, 0.29) is 24.9 Å². The molecule has 4 amide bonds. The van der Waals surface area contributed by atoms with Crippen molar-refractivity contribution in [3.05, 3.63) is 83.4 Å². The fourth-order valence-corrected chi connectivity index (χ4v) is 3.60. The molecule has 2 N–H and O–H groups in total. The van der Waals surface area contributed by atoms with Crippen molar-refractivity contribution in [3.8, 4) is 5.75 Å². The number of carbonyl (C=O) groups is 3. The van der Waals surface area contributed by atoms with E-state index in [1.807, 2.05) is 42.1 Å². The lowest BCUT2D eigenvalue weighted by atomic mass is 10.0. The summed E-state index contributed by atoms with van der Waals surface area (Å²) < 4.78 is 7.18. The van der Waals surface area contributed by atoms with Crippen LogP contribution in [0.15, 0.2) is 60.9 Å². The first-order valence-electron chi connectivity index (χ1n) is 10.1. The van der Waals surface area contributed by atoms with E-state index in [1.54, 1.807) is 37.6 Å². The van der Waals surface area contributed by atoms with Crippen molar-refractivity contribution in [2.45, 2.75) is 12.6 Å². The zero-order valence-electron chi connectivity index (χ0n) is 17.7. The van der Waals surface area contributed by atoms with E-state index in [1.165, 1.54) is 0 Å². The molecule has 0 radical (unpaired) electrons. The molecule has 1 saturated heterocycles. The topological polar surface area (TPSA) is 106 Å². The van der Waals surface area contributed by atoms with Gasteiger partial charge in [0.2, 0.25) is 5.91 Å². The first-order valence-corrected chi connectivity index (χ1v) is 10.1. The molecule has 1 aromatic heterocycles. The number of urea groups is 1. The summed E-state index contributed by atoms with van der Waals surface area (Å²) in [5.74, 6) is 0.742. The van der Waals surface area contributed by atoms with E-state index >= 15 is 0 Å². The van der Waals surface area contributed by atoms with E-state index in [2.05, 4.69) is 15.6 Å². The third-order valence-corrected chi connectivity index (χ3v) is 5.29. The Morgan fingerprint density at radius 2 is 2.03 bits per heavy atom. The van der Waals surface area contributed by atoms with Gasteiger partial charge in [-0.25, -0.2) is 9.78 Å². The van der Waals surface area contributed by atoms with Gasteiger partial charge in [0.25, 0.3) is 5.91 Å². The Balaban J connectivity index is 1.59. The molecule has 1 atom stereocenters. The standard InChI is InChI=1S/C23H23N5O4/c1-27-10-9-24-21(27)20(16-6-4-8-18(12-16)32-2)26-22(30)17-7-3-5-15(11-17)14-28-19(29)13-25-23(28)31/h3-12,20H,13-14H2,1-2H3,(H,25,31)(H,26,30). The Labute approximate surface area is 185 Å². The third-order valence-electron chi connectivity index (χ3n) is 5.29. The second-order valence-electron chi connectivity index (χ2n) is 7.42. The number of nitrogens with zero attached hydrogens (tertiary/aromatic N) is 3. The summed E-state index contributed by atoms with van der Waals surface area (Å²) >= 11 is 0. The van der Waals surface area contributed by atoms with E-state index < -0.39 is 12.1 Å². The quantitative estimate of drug-likeness (QED) is 0.555. The molecule has 2 heterocycles. The van der Waals surface area contributed by atoms with Crippen LogP contribution in [-0.4, -0.2) is 46.0 Å². The van der Waals surface area contributed by atoms with Gasteiger partial charge in [0.05, 0.1) is 20.2 Å². The summed E-state index contributed by atoms with van der Waals surface area (Å²) in [6, 6.07) is 13.4. The molecular formula is C23H23N5O4. The minimum Gasteiger partial charge on any atom is -0.497 e. The number of aryl methyl sites for hydroxylation is 1. The van der Waals surface area contributed by atoms with Gasteiger partial charge in [0.1, 0.15) is 17.6 Å². The molecule has 2 aromatic carbocycles. The summed E-state index contributed by atoms with van der Waals surface area (Å²) in [7, 11) is 3.45. The maximum absolute atomic E-state index is 13.2. The molecule has 1 aliphatic heterocycles. The molecule has 1 unspecified atom stereocenters. The Morgan fingerprint density at radius 3 is 2.72 bits per heavy atom. The van der Waals surface area contributed by atoms with Crippen molar-refractivity contribution in [2.24, 2.45) is 7.05 Å². The summed E-state index contributed by atoms with van der Waals surface area (Å²) in [6.45, 7) is 0.0926. The molecule has 0 saturated carbocycles. The molecule has 1 fully saturated rings. The van der Waals surface area contributed by atoms with Crippen LogP contribution in [0, 0.1) is 0 Å². The lowest BCUT2D eigenvalue weighted by Crippen LogP contribution is -2.32. The van der Waals surface area contributed by atoms with Crippen LogP contribution in [0.5, 0.6) is 5.75 Å². The summed E-state index contributed by atoms with van der Waals surface area (Å²) in [5, 5.41) is 5.54. The Hall–Kier alpha value is -4.14. The molecule has 32 heavy (non-hydrogen) atoms. The largest absolute Gasteiger partial charge is 0.497 e. The van der Waals surface area contributed by atoms with Crippen LogP contribution in [0.25, 0.3) is 0 Å². The van der Waals surface area contributed by atoms with Gasteiger partial charge in [-0.05, 0) is 35.4 Å². The lowest BCUT2D eigenvalue weighted by molar-refractivity contribution is -0.125. The fourth-order valence-electron chi connectivity index (χ4n) is 3.60. The number of imide groups is 1. The van der Waals surface area contributed by atoms with Crippen molar-refractivity contribution in [3.63, 3.8) is 0 Å². The highest BCUT2D eigenvalue weighted by Crippen LogP contribution is 2.25. The maximum Gasteiger partial charge on any atom is 0.324 e. The number of carbonyl (C=O) groups excluding carboxylic acids is 3. The molecule has 3 aromatic rings. The van der Waals surface area contributed by atoms with Crippen molar-refractivity contribution >= 4 is 17.8 Å². The van der Waals surface area contributed by atoms with Crippen molar-refractivity contribution < 1.29 is 19.1 Å². The van der Waals surface area contributed by atoms with Crippen LogP contribution >= 0.6 is 0 Å². The highest BCUT2D eigenvalue weighted by molar-refractivity contribution is 6.02. The first-order chi connectivity index (χ1) is 15.5. The predicted octanol–water partition coefficient (Wildman–Crippen LogP) is 2.00. The van der Waals surface area contributed by atoms with Crippen LogP contribution < -0.4 is 15.4 Å². The van der Waals surface area contributed by atoms with Crippen LogP contribution in [0.1, 0.15) is 33.4 Å². The number of benzene rings is 2. The van der Waals surface area contributed by atoms with E-state index in [0.717, 1.165) is 10.5 Å². The minimum absolute atomic E-state index is 0.00903. The van der Waals surface area contributed by atoms with Crippen molar-refractivity contribution in [2.75, 3.05) is 13.7 Å². The minimum atomic E-state index is -0.507. The number of methoxy groups -OCH3 is 1. The predicted molar refractivity (Wildman–Crippen MR) is 116 cm³/mol. The SMILES string of the molecule is COc1cccc(C(NC(=O)c2cccc(CN3C(=O)CNC3=O)c2)c2nccn2C)c1. The van der Waals surface area contributed by atoms with Crippen molar-refractivity contribution in [1.29, 1.82) is 0 Å². The zero-order chi connectivity index (χ0) is 22.7. The lowest BCUT2D eigenvalue weighted by Gasteiger charge is -2.20. The summed E-state index contributed by atoms with van der Waals surface area (Å²) in [5.41, 5.74) is 1.91. The Bertz CT molecular complexity index is 1160. The van der Waals surface area contributed by atoms with Gasteiger partial charge in [-0.2, -0.15) is 0 Å². The van der Waals surface area contributed by atoms with E-state index in [0.29, 0.717) is 22.7 Å². The molecule has 9 heteroatoms. The molecule has 0 aliphatic carbocycles.